The summed E-state index contributed by atoms with van der Waals surface area (Å²) in [6, 6.07) is 1.19. The van der Waals surface area contributed by atoms with Crippen LogP contribution in [0.25, 0.3) is 11.2 Å². The molecule has 0 aliphatic carbocycles. The number of urea groups is 1. The number of carbonyl (C=O) groups is 2. The molecule has 3 aromatic rings. The van der Waals surface area contributed by atoms with Crippen LogP contribution < -0.4 is 11.0 Å². The molecule has 2 atom stereocenters. The SMILES string of the molecule is [2H]C1([2H])CN(C(=O)N[C@@H]2CC[C@@]([2H])(c3cccc(F)c3F)CN(CC(F)(F)F)C2=O)CC([2H])([2H])C1n1c(=O)[nH]c2ncccc21. The number of benzene rings is 1. The number of imidazole rings is 1. The molecule has 40 heavy (non-hydrogen) atoms. The average molecular weight is 572 g/mol. The maximum Gasteiger partial charge on any atom is 0.406 e. The van der Waals surface area contributed by atoms with E-state index in [9.17, 15) is 36.3 Å². The number of likely N-dealkylation sites (tertiary alicyclic amines) is 2. The smallest absolute Gasteiger partial charge is 0.331 e. The minimum Gasteiger partial charge on any atom is -0.331 e. The van der Waals surface area contributed by atoms with Crippen LogP contribution in [-0.4, -0.2) is 74.7 Å². The molecule has 0 bridgehead atoms. The Morgan fingerprint density at radius 1 is 1.15 bits per heavy atom. The van der Waals surface area contributed by atoms with Crippen molar-refractivity contribution in [2.45, 2.75) is 49.7 Å². The number of alkyl halides is 3. The first-order valence-corrected chi connectivity index (χ1v) is 12.2. The van der Waals surface area contributed by atoms with Gasteiger partial charge in [-0.05, 0) is 49.4 Å². The highest BCUT2D eigenvalue weighted by Gasteiger charge is 2.40. The molecule has 0 saturated carbocycles. The first-order valence-electron chi connectivity index (χ1n) is 14.7. The first-order chi connectivity index (χ1) is 20.8. The Balaban J connectivity index is 1.41. The van der Waals surface area contributed by atoms with Crippen LogP contribution in [0.4, 0.5) is 26.7 Å². The van der Waals surface area contributed by atoms with Gasteiger partial charge in [0.15, 0.2) is 17.3 Å². The number of hydrogen-bond acceptors (Lipinski definition) is 4. The number of piperidine rings is 1. The lowest BCUT2D eigenvalue weighted by molar-refractivity contribution is -0.162. The zero-order chi connectivity index (χ0) is 33.1. The normalized spacial score (nSPS) is 27.3. The molecule has 2 N–H and O–H groups in total. The van der Waals surface area contributed by atoms with Gasteiger partial charge in [-0.3, -0.25) is 14.3 Å². The lowest BCUT2D eigenvalue weighted by atomic mass is 9.93. The second-order valence-corrected chi connectivity index (χ2v) is 9.39. The number of pyridine rings is 1. The van der Waals surface area contributed by atoms with E-state index in [1.807, 2.05) is 0 Å². The molecule has 3 amide bonds. The average Bonchev–Trinajstić information content (AvgIpc) is 3.18. The van der Waals surface area contributed by atoms with E-state index >= 15 is 0 Å². The van der Waals surface area contributed by atoms with Crippen LogP contribution in [0.5, 0.6) is 0 Å². The second kappa shape index (κ2) is 10.9. The van der Waals surface area contributed by atoms with Crippen molar-refractivity contribution >= 4 is 23.1 Å². The van der Waals surface area contributed by atoms with Crippen molar-refractivity contribution in [1.82, 2.24) is 29.7 Å². The van der Waals surface area contributed by atoms with Crippen molar-refractivity contribution in [2.75, 3.05) is 26.2 Å². The molecule has 1 aromatic carbocycles. The fourth-order valence-corrected chi connectivity index (χ4v) is 4.83. The zero-order valence-electron chi connectivity index (χ0n) is 25.8. The molecule has 2 aliphatic rings. The number of aromatic amines is 1. The van der Waals surface area contributed by atoms with E-state index in [4.69, 9.17) is 6.85 Å². The van der Waals surface area contributed by atoms with Gasteiger partial charge in [-0.15, -0.1) is 0 Å². The van der Waals surface area contributed by atoms with Crippen LogP contribution in [0.1, 0.15) is 49.9 Å². The number of nitrogens with one attached hydrogen (secondary N) is 2. The van der Waals surface area contributed by atoms with E-state index < -0.39 is 111 Å². The van der Waals surface area contributed by atoms with Crippen LogP contribution >= 0.6 is 0 Å². The van der Waals surface area contributed by atoms with Gasteiger partial charge in [-0.1, -0.05) is 12.1 Å². The summed E-state index contributed by atoms with van der Waals surface area (Å²) in [6.07, 6.45) is -9.65. The van der Waals surface area contributed by atoms with Crippen LogP contribution in [0.2, 0.25) is 0 Å². The minimum absolute atomic E-state index is 0.0909. The maximum atomic E-state index is 14.7. The second-order valence-electron chi connectivity index (χ2n) is 9.39. The quantitative estimate of drug-likeness (QED) is 0.467. The standard InChI is InChI=1S/C26H27F5N6O3/c27-18-4-1-3-17(21(18)28)15-6-7-19(23(38)36(13-15)14-26(29,30)31)33-24(39)35-11-8-16(9-12-35)37-20-5-2-10-32-22(20)34-25(37)40/h1-5,10,15-16,19H,6-9,11-14H2,(H,33,39)(H,32,34,40)/t15-,19-/m1/s1/i8D2,9D2,15D. The van der Waals surface area contributed by atoms with Crippen molar-refractivity contribution in [3.05, 3.63) is 64.2 Å². The van der Waals surface area contributed by atoms with Crippen LogP contribution in [-0.2, 0) is 4.79 Å². The van der Waals surface area contributed by atoms with E-state index in [-0.39, 0.29) is 16.1 Å². The Bertz CT molecular complexity index is 1680. The summed E-state index contributed by atoms with van der Waals surface area (Å²) in [7, 11) is 0. The first kappa shape index (κ1) is 21.8. The number of halogens is 5. The lowest BCUT2D eigenvalue weighted by Gasteiger charge is -2.34. The molecule has 2 aromatic heterocycles. The Kier molecular flexibility index (Phi) is 5.94. The zero-order valence-corrected chi connectivity index (χ0v) is 20.8. The molecule has 2 saturated heterocycles. The number of nitrogens with zero attached hydrogens (tertiary/aromatic N) is 4. The summed E-state index contributed by atoms with van der Waals surface area (Å²) < 4.78 is 113. The van der Waals surface area contributed by atoms with Crippen LogP contribution in [0, 0.1) is 11.6 Å². The predicted octanol–water partition coefficient (Wildman–Crippen LogP) is 3.69. The van der Waals surface area contributed by atoms with Gasteiger partial charge in [0.2, 0.25) is 5.91 Å². The molecule has 2 aliphatic heterocycles. The molecule has 14 heteroatoms. The Morgan fingerprint density at radius 2 is 1.90 bits per heavy atom. The Labute approximate surface area is 232 Å². The summed E-state index contributed by atoms with van der Waals surface area (Å²) in [5, 5.41) is 2.23. The summed E-state index contributed by atoms with van der Waals surface area (Å²) in [5.41, 5.74) is -1.18. The summed E-state index contributed by atoms with van der Waals surface area (Å²) in [4.78, 5) is 46.7. The van der Waals surface area contributed by atoms with Gasteiger partial charge in [0.05, 0.1) is 5.52 Å². The molecular formula is C26H27F5N6O3. The summed E-state index contributed by atoms with van der Waals surface area (Å²) >= 11 is 0. The molecule has 0 radical (unpaired) electrons. The largest absolute Gasteiger partial charge is 0.406 e. The highest BCUT2D eigenvalue weighted by atomic mass is 19.4. The summed E-state index contributed by atoms with van der Waals surface area (Å²) in [6.45, 7) is -4.36. The lowest BCUT2D eigenvalue weighted by Crippen LogP contribution is -2.54. The van der Waals surface area contributed by atoms with Gasteiger partial charge in [-0.25, -0.2) is 23.4 Å². The molecule has 9 nitrogen and oxygen atoms in total. The number of H-pyrrole nitrogens is 1. The molecule has 0 spiro atoms. The number of amides is 3. The Morgan fingerprint density at radius 3 is 2.62 bits per heavy atom. The van der Waals surface area contributed by atoms with Gasteiger partial charge < -0.3 is 15.1 Å². The van der Waals surface area contributed by atoms with Gasteiger partial charge in [0.1, 0.15) is 12.6 Å². The summed E-state index contributed by atoms with van der Waals surface area (Å²) in [5.74, 6) is -6.27. The van der Waals surface area contributed by atoms with Gasteiger partial charge >= 0.3 is 17.9 Å². The molecule has 5 rings (SSSR count). The Hall–Kier alpha value is -3.97. The van der Waals surface area contributed by atoms with Crippen LogP contribution in [0.15, 0.2) is 41.3 Å². The molecule has 2 fully saturated rings. The van der Waals surface area contributed by atoms with Crippen molar-refractivity contribution < 1.29 is 38.4 Å². The van der Waals surface area contributed by atoms with Gasteiger partial charge in [-0.2, -0.15) is 13.2 Å². The highest BCUT2D eigenvalue weighted by Crippen LogP contribution is 2.32. The third-order valence-corrected chi connectivity index (χ3v) is 6.71. The highest BCUT2D eigenvalue weighted by molar-refractivity contribution is 5.87. The fraction of sp³-hybridized carbons (Fsp3) is 0.462. The number of hydrogen-bond donors (Lipinski definition) is 2. The van der Waals surface area contributed by atoms with Crippen molar-refractivity contribution in [1.29, 1.82) is 0 Å². The third-order valence-electron chi connectivity index (χ3n) is 6.71. The number of aromatic nitrogens is 3. The number of carbonyl (C=O) groups excluding carboxylic acids is 2. The third kappa shape index (κ3) is 5.65. The van der Waals surface area contributed by atoms with E-state index in [0.717, 1.165) is 22.8 Å². The van der Waals surface area contributed by atoms with E-state index in [0.29, 0.717) is 4.90 Å². The van der Waals surface area contributed by atoms with Crippen molar-refractivity contribution in [2.24, 2.45) is 0 Å². The molecule has 4 heterocycles. The van der Waals surface area contributed by atoms with Crippen molar-refractivity contribution in [3.8, 4) is 0 Å². The van der Waals surface area contributed by atoms with Crippen LogP contribution in [0.3, 0.4) is 0 Å². The number of fused-ring (bicyclic) bond motifs is 1. The van der Waals surface area contributed by atoms with E-state index in [1.165, 1.54) is 18.3 Å². The molecule has 0 unspecified atom stereocenters. The number of rotatable bonds is 4. The molecule has 214 valence electrons. The predicted molar refractivity (Wildman–Crippen MR) is 133 cm³/mol. The van der Waals surface area contributed by atoms with Gasteiger partial charge in [0, 0.05) is 44.6 Å². The van der Waals surface area contributed by atoms with Gasteiger partial charge in [0.25, 0.3) is 0 Å². The fourth-order valence-electron chi connectivity index (χ4n) is 4.83. The minimum atomic E-state index is -4.94. The topological polar surface area (TPSA) is 103 Å². The monoisotopic (exact) mass is 571 g/mol. The molecular weight excluding hydrogens is 539 g/mol. The van der Waals surface area contributed by atoms with E-state index in [1.54, 1.807) is 0 Å². The van der Waals surface area contributed by atoms with Crippen molar-refractivity contribution in [3.63, 3.8) is 0 Å². The maximum absolute atomic E-state index is 14.7. The van der Waals surface area contributed by atoms with E-state index in [2.05, 4.69) is 15.3 Å².